The topological polar surface area (TPSA) is 35.5 Å². The van der Waals surface area contributed by atoms with Crippen LogP contribution in [-0.4, -0.2) is 18.0 Å². The van der Waals surface area contributed by atoms with E-state index >= 15 is 0 Å². The normalized spacial score (nSPS) is 10.8. The van der Waals surface area contributed by atoms with Gasteiger partial charge in [-0.15, -0.1) is 0 Å². The Bertz CT molecular complexity index is 394. The summed E-state index contributed by atoms with van der Waals surface area (Å²) in [4.78, 5) is 11.6. The van der Waals surface area contributed by atoms with Gasteiger partial charge in [-0.2, -0.15) is 0 Å². The molecule has 3 nitrogen and oxygen atoms in total. The minimum absolute atomic E-state index is 0.00464. The Morgan fingerprint density at radius 2 is 1.65 bits per heavy atom. The van der Waals surface area contributed by atoms with Gasteiger partial charge in [0, 0.05) is 0 Å². The van der Waals surface area contributed by atoms with E-state index in [0.29, 0.717) is 17.1 Å². The molecule has 0 saturated carbocycles. The van der Waals surface area contributed by atoms with E-state index in [1.807, 2.05) is 39.8 Å². The van der Waals surface area contributed by atoms with Gasteiger partial charge in [0.05, 0.1) is 17.8 Å². The van der Waals surface area contributed by atoms with Crippen molar-refractivity contribution >= 4 is 5.78 Å². The molecule has 0 heterocycles. The van der Waals surface area contributed by atoms with E-state index in [0.717, 1.165) is 0 Å². The highest BCUT2D eigenvalue weighted by molar-refractivity contribution is 5.97. The average molecular weight is 236 g/mol. The van der Waals surface area contributed by atoms with Crippen LogP contribution in [0.3, 0.4) is 0 Å². The van der Waals surface area contributed by atoms with Crippen LogP contribution in [0.25, 0.3) is 0 Å². The van der Waals surface area contributed by atoms with Gasteiger partial charge in [-0.25, -0.2) is 0 Å². The van der Waals surface area contributed by atoms with Gasteiger partial charge in [-0.3, -0.25) is 4.79 Å². The number of para-hydroxylation sites is 1. The number of ketones is 1. The summed E-state index contributed by atoms with van der Waals surface area (Å²) in [6.45, 7) is 9.27. The lowest BCUT2D eigenvalue weighted by Gasteiger charge is -2.19. The van der Waals surface area contributed by atoms with Crippen LogP contribution in [0, 0.1) is 0 Å². The van der Waals surface area contributed by atoms with Crippen molar-refractivity contribution in [2.45, 2.75) is 46.8 Å². The standard InChI is InChI=1S/C14H20O3/c1-9(2)16-13-8-6-7-12(11(5)15)14(13)17-10(3)4/h6-10H,1-5H3. The summed E-state index contributed by atoms with van der Waals surface area (Å²) >= 11 is 0. The molecule has 94 valence electrons. The second kappa shape index (κ2) is 5.71. The first-order chi connectivity index (χ1) is 7.91. The predicted octanol–water partition coefficient (Wildman–Crippen LogP) is 3.46. The Balaban J connectivity index is 3.18. The first-order valence-corrected chi connectivity index (χ1v) is 5.89. The Labute approximate surface area is 103 Å². The molecule has 0 spiro atoms. The maximum Gasteiger partial charge on any atom is 0.172 e. The number of rotatable bonds is 5. The largest absolute Gasteiger partial charge is 0.487 e. The molecule has 0 aliphatic rings. The lowest BCUT2D eigenvalue weighted by atomic mass is 10.1. The van der Waals surface area contributed by atoms with E-state index in [1.165, 1.54) is 6.92 Å². The van der Waals surface area contributed by atoms with Gasteiger partial charge < -0.3 is 9.47 Å². The summed E-state index contributed by atoms with van der Waals surface area (Å²) in [5.41, 5.74) is 0.567. The van der Waals surface area contributed by atoms with E-state index < -0.39 is 0 Å². The quantitative estimate of drug-likeness (QED) is 0.734. The number of hydrogen-bond donors (Lipinski definition) is 0. The molecule has 0 unspecified atom stereocenters. The first kappa shape index (κ1) is 13.6. The minimum Gasteiger partial charge on any atom is -0.487 e. The molecule has 1 rings (SSSR count). The van der Waals surface area contributed by atoms with Gasteiger partial charge in [0.15, 0.2) is 17.3 Å². The number of carbonyl (C=O) groups is 1. The molecule has 0 N–H and O–H groups in total. The fourth-order valence-corrected chi connectivity index (χ4v) is 1.50. The van der Waals surface area contributed by atoms with Gasteiger partial charge in [0.25, 0.3) is 0 Å². The van der Waals surface area contributed by atoms with Crippen molar-refractivity contribution in [2.75, 3.05) is 0 Å². The molecule has 3 heteroatoms. The van der Waals surface area contributed by atoms with Crippen molar-refractivity contribution in [2.24, 2.45) is 0 Å². The Hall–Kier alpha value is -1.51. The van der Waals surface area contributed by atoms with E-state index in [-0.39, 0.29) is 18.0 Å². The maximum absolute atomic E-state index is 11.6. The summed E-state index contributed by atoms with van der Waals surface area (Å²) in [6, 6.07) is 5.39. The molecule has 0 aliphatic carbocycles. The SMILES string of the molecule is CC(=O)c1cccc(OC(C)C)c1OC(C)C. The van der Waals surface area contributed by atoms with Gasteiger partial charge >= 0.3 is 0 Å². The van der Waals surface area contributed by atoms with Crippen molar-refractivity contribution in [1.29, 1.82) is 0 Å². The smallest absolute Gasteiger partial charge is 0.172 e. The van der Waals surface area contributed by atoms with Crippen molar-refractivity contribution in [1.82, 2.24) is 0 Å². The summed E-state index contributed by atoms with van der Waals surface area (Å²) in [5.74, 6) is 1.15. The highest BCUT2D eigenvalue weighted by atomic mass is 16.5. The van der Waals surface area contributed by atoms with E-state index in [4.69, 9.17) is 9.47 Å². The van der Waals surface area contributed by atoms with Gasteiger partial charge in [0.2, 0.25) is 0 Å². The molecule has 0 saturated heterocycles. The molecule has 1 aromatic rings. The van der Waals surface area contributed by atoms with Crippen molar-refractivity contribution < 1.29 is 14.3 Å². The van der Waals surface area contributed by atoms with Crippen LogP contribution >= 0.6 is 0 Å². The Morgan fingerprint density at radius 3 is 2.12 bits per heavy atom. The first-order valence-electron chi connectivity index (χ1n) is 5.89. The molecular formula is C14H20O3. The molecule has 0 bridgehead atoms. The van der Waals surface area contributed by atoms with Crippen molar-refractivity contribution in [3.05, 3.63) is 23.8 Å². The minimum atomic E-state index is -0.0187. The molecule has 1 aromatic carbocycles. The van der Waals surface area contributed by atoms with E-state index in [1.54, 1.807) is 6.07 Å². The molecule has 0 aliphatic heterocycles. The van der Waals surface area contributed by atoms with Crippen LogP contribution in [0.4, 0.5) is 0 Å². The number of benzene rings is 1. The predicted molar refractivity (Wildman–Crippen MR) is 68.0 cm³/mol. The number of hydrogen-bond acceptors (Lipinski definition) is 3. The summed E-state index contributed by atoms with van der Waals surface area (Å²) in [7, 11) is 0. The zero-order chi connectivity index (χ0) is 13.0. The second-order valence-corrected chi connectivity index (χ2v) is 4.52. The second-order valence-electron chi connectivity index (χ2n) is 4.52. The van der Waals surface area contributed by atoms with Crippen LogP contribution in [0.15, 0.2) is 18.2 Å². The monoisotopic (exact) mass is 236 g/mol. The third-order valence-electron chi connectivity index (χ3n) is 2.07. The Morgan fingerprint density at radius 1 is 1.06 bits per heavy atom. The van der Waals surface area contributed by atoms with Crippen molar-refractivity contribution in [3.63, 3.8) is 0 Å². The van der Waals surface area contributed by atoms with Crippen molar-refractivity contribution in [3.8, 4) is 11.5 Å². The molecule has 17 heavy (non-hydrogen) atoms. The maximum atomic E-state index is 11.6. The lowest BCUT2D eigenvalue weighted by molar-refractivity contribution is 0.100. The molecule has 0 atom stereocenters. The summed E-state index contributed by atoms with van der Waals surface area (Å²) in [6.07, 6.45) is 0.0525. The van der Waals surface area contributed by atoms with Gasteiger partial charge in [-0.1, -0.05) is 6.07 Å². The zero-order valence-electron chi connectivity index (χ0n) is 11.1. The summed E-state index contributed by atoms with van der Waals surface area (Å²) < 4.78 is 11.4. The zero-order valence-corrected chi connectivity index (χ0v) is 11.1. The van der Waals surface area contributed by atoms with Crippen LogP contribution in [0.5, 0.6) is 11.5 Å². The van der Waals surface area contributed by atoms with Crippen LogP contribution in [0.2, 0.25) is 0 Å². The number of Topliss-reactive ketones (excluding diaryl/α,β-unsaturated/α-hetero) is 1. The third kappa shape index (κ3) is 3.77. The van der Waals surface area contributed by atoms with E-state index in [9.17, 15) is 4.79 Å². The molecule has 0 fully saturated rings. The number of ether oxygens (including phenoxy) is 2. The third-order valence-corrected chi connectivity index (χ3v) is 2.07. The summed E-state index contributed by atoms with van der Waals surface area (Å²) in [5, 5.41) is 0. The highest BCUT2D eigenvalue weighted by Crippen LogP contribution is 2.33. The fourth-order valence-electron chi connectivity index (χ4n) is 1.50. The lowest BCUT2D eigenvalue weighted by Crippen LogP contribution is -2.13. The van der Waals surface area contributed by atoms with Crippen LogP contribution in [0.1, 0.15) is 45.0 Å². The average Bonchev–Trinajstić information content (AvgIpc) is 2.18. The fraction of sp³-hybridized carbons (Fsp3) is 0.500. The highest BCUT2D eigenvalue weighted by Gasteiger charge is 2.16. The van der Waals surface area contributed by atoms with Gasteiger partial charge in [0.1, 0.15) is 0 Å². The Kier molecular flexibility index (Phi) is 4.55. The van der Waals surface area contributed by atoms with Gasteiger partial charge in [-0.05, 0) is 46.8 Å². The molecule has 0 aromatic heterocycles. The number of carbonyl (C=O) groups excluding carboxylic acids is 1. The van der Waals surface area contributed by atoms with E-state index in [2.05, 4.69) is 0 Å². The van der Waals surface area contributed by atoms with Crippen LogP contribution < -0.4 is 9.47 Å². The van der Waals surface area contributed by atoms with Crippen LogP contribution in [-0.2, 0) is 0 Å². The molecule has 0 amide bonds. The molecular weight excluding hydrogens is 216 g/mol. The molecule has 0 radical (unpaired) electrons.